The van der Waals surface area contributed by atoms with Gasteiger partial charge in [0, 0.05) is 24.5 Å². The number of rotatable bonds is 5. The molecule has 0 amide bonds. The number of benzene rings is 1. The molecule has 3 N–H and O–H groups in total. The van der Waals surface area contributed by atoms with Crippen LogP contribution >= 0.6 is 11.3 Å². The minimum atomic E-state index is -1.32. The van der Waals surface area contributed by atoms with E-state index in [2.05, 4.69) is 0 Å². The first-order valence-corrected chi connectivity index (χ1v) is 6.93. The molecule has 0 radical (unpaired) electrons. The summed E-state index contributed by atoms with van der Waals surface area (Å²) in [5.41, 5.74) is 6.17. The summed E-state index contributed by atoms with van der Waals surface area (Å²) in [6.45, 7) is 0.677. The van der Waals surface area contributed by atoms with Crippen molar-refractivity contribution < 1.29 is 14.3 Å². The van der Waals surface area contributed by atoms with Crippen molar-refractivity contribution in [3.63, 3.8) is 0 Å². The van der Waals surface area contributed by atoms with Crippen LogP contribution in [0.1, 0.15) is 15.2 Å². The molecule has 1 heterocycles. The monoisotopic (exact) mass is 294 g/mol. The van der Waals surface area contributed by atoms with E-state index >= 15 is 0 Å². The zero-order valence-electron chi connectivity index (χ0n) is 11.0. The van der Waals surface area contributed by atoms with Crippen LogP contribution < -0.4 is 10.6 Å². The summed E-state index contributed by atoms with van der Waals surface area (Å²) in [6.07, 6.45) is 0.829. The maximum Gasteiger partial charge on any atom is 0.338 e. The quantitative estimate of drug-likeness (QED) is 0.832. The minimum absolute atomic E-state index is 0.262. The Labute approximate surface area is 120 Å². The number of anilines is 2. The predicted molar refractivity (Wildman–Crippen MR) is 79.1 cm³/mol. The van der Waals surface area contributed by atoms with Crippen LogP contribution in [0.25, 0.3) is 0 Å². The Morgan fingerprint density at radius 2 is 2.25 bits per heavy atom. The van der Waals surface area contributed by atoms with Crippen LogP contribution in [0, 0.1) is 5.82 Å². The molecule has 0 aliphatic carbocycles. The molecule has 1 aromatic carbocycles. The first kappa shape index (κ1) is 14.3. The molecule has 0 unspecified atom stereocenters. The van der Waals surface area contributed by atoms with Gasteiger partial charge in [0.2, 0.25) is 0 Å². The number of carboxylic acids is 1. The van der Waals surface area contributed by atoms with Crippen molar-refractivity contribution in [2.24, 2.45) is 0 Å². The van der Waals surface area contributed by atoms with Crippen molar-refractivity contribution in [1.82, 2.24) is 0 Å². The van der Waals surface area contributed by atoms with Gasteiger partial charge in [0.05, 0.1) is 16.9 Å². The third kappa shape index (κ3) is 3.08. The summed E-state index contributed by atoms with van der Waals surface area (Å²) in [7, 11) is 1.80. The largest absolute Gasteiger partial charge is 0.478 e. The Morgan fingerprint density at radius 3 is 2.85 bits per heavy atom. The summed E-state index contributed by atoms with van der Waals surface area (Å²) in [5.74, 6) is -2.09. The van der Waals surface area contributed by atoms with Gasteiger partial charge in [-0.25, -0.2) is 9.18 Å². The van der Waals surface area contributed by atoms with Gasteiger partial charge in [0.15, 0.2) is 0 Å². The summed E-state index contributed by atoms with van der Waals surface area (Å²) in [5, 5.41) is 10.8. The number of nitrogens with zero attached hydrogens (tertiary/aromatic N) is 1. The number of nitrogen functional groups attached to an aromatic ring is 1. The lowest BCUT2D eigenvalue weighted by molar-refractivity contribution is 0.0692. The molecule has 2 aromatic rings. The molecule has 0 spiro atoms. The van der Waals surface area contributed by atoms with E-state index in [4.69, 9.17) is 10.8 Å². The summed E-state index contributed by atoms with van der Waals surface area (Å²) < 4.78 is 13.7. The molecule has 1 aromatic heterocycles. The molecular formula is C14H15FN2O2S. The fraction of sp³-hybridized carbons (Fsp3) is 0.214. The van der Waals surface area contributed by atoms with E-state index in [-0.39, 0.29) is 5.69 Å². The van der Waals surface area contributed by atoms with Gasteiger partial charge in [-0.15, -0.1) is 11.3 Å². The van der Waals surface area contributed by atoms with Gasteiger partial charge >= 0.3 is 5.97 Å². The maximum atomic E-state index is 13.7. The Hall–Kier alpha value is -2.08. The summed E-state index contributed by atoms with van der Waals surface area (Å²) in [4.78, 5) is 13.9. The highest BCUT2D eigenvalue weighted by Crippen LogP contribution is 2.26. The fourth-order valence-electron chi connectivity index (χ4n) is 1.93. The Balaban J connectivity index is 2.15. The molecule has 0 bridgehead atoms. The molecule has 0 aliphatic heterocycles. The van der Waals surface area contributed by atoms with Crippen LogP contribution in [0.15, 0.2) is 29.6 Å². The van der Waals surface area contributed by atoms with Gasteiger partial charge in [0.1, 0.15) is 5.82 Å². The molecule has 20 heavy (non-hydrogen) atoms. The number of carboxylic acid groups (broad SMARTS) is 1. The number of aromatic carboxylic acids is 1. The smallest absolute Gasteiger partial charge is 0.338 e. The number of carbonyl (C=O) groups is 1. The van der Waals surface area contributed by atoms with E-state index in [9.17, 15) is 9.18 Å². The van der Waals surface area contributed by atoms with Crippen molar-refractivity contribution in [2.45, 2.75) is 6.42 Å². The third-order valence-electron chi connectivity index (χ3n) is 3.03. The molecule has 106 valence electrons. The van der Waals surface area contributed by atoms with E-state index in [1.807, 2.05) is 22.4 Å². The van der Waals surface area contributed by atoms with Crippen LogP contribution in [0.2, 0.25) is 0 Å². The highest BCUT2D eigenvalue weighted by atomic mass is 32.1. The molecule has 0 atom stereocenters. The van der Waals surface area contributed by atoms with Crippen LogP contribution in [0.5, 0.6) is 0 Å². The maximum absolute atomic E-state index is 13.7. The second-order valence-corrected chi connectivity index (χ2v) is 5.48. The van der Waals surface area contributed by atoms with Crippen molar-refractivity contribution in [2.75, 3.05) is 24.2 Å². The first-order chi connectivity index (χ1) is 9.49. The molecule has 0 saturated carbocycles. The van der Waals surface area contributed by atoms with Crippen molar-refractivity contribution in [1.29, 1.82) is 0 Å². The standard InChI is InChI=1S/C14H15FN2O2S/c1-17(5-4-9-3-2-6-20-9)13-8-11(15)10(14(18)19)7-12(13)16/h2-3,6-8H,4-5,16H2,1H3,(H,18,19). The average Bonchev–Trinajstić information content (AvgIpc) is 2.91. The van der Waals surface area contributed by atoms with Gasteiger partial charge in [-0.3, -0.25) is 0 Å². The summed E-state index contributed by atoms with van der Waals surface area (Å²) >= 11 is 1.66. The Morgan fingerprint density at radius 1 is 1.50 bits per heavy atom. The van der Waals surface area contributed by atoms with Crippen molar-refractivity contribution in [3.05, 3.63) is 45.9 Å². The fourth-order valence-corrected chi connectivity index (χ4v) is 2.63. The highest BCUT2D eigenvalue weighted by molar-refractivity contribution is 7.09. The van der Waals surface area contributed by atoms with Crippen LogP contribution in [0.4, 0.5) is 15.8 Å². The first-order valence-electron chi connectivity index (χ1n) is 6.05. The van der Waals surface area contributed by atoms with E-state index in [1.54, 1.807) is 18.4 Å². The van der Waals surface area contributed by atoms with E-state index < -0.39 is 17.3 Å². The van der Waals surface area contributed by atoms with E-state index in [1.165, 1.54) is 10.9 Å². The van der Waals surface area contributed by atoms with Crippen LogP contribution in [-0.2, 0) is 6.42 Å². The lowest BCUT2D eigenvalue weighted by Crippen LogP contribution is -2.22. The van der Waals surface area contributed by atoms with Gasteiger partial charge in [0.25, 0.3) is 0 Å². The number of nitrogens with two attached hydrogens (primary N) is 1. The van der Waals surface area contributed by atoms with E-state index in [0.717, 1.165) is 12.5 Å². The second kappa shape index (κ2) is 5.92. The van der Waals surface area contributed by atoms with Crippen LogP contribution in [-0.4, -0.2) is 24.7 Å². The molecule has 4 nitrogen and oxygen atoms in total. The summed E-state index contributed by atoms with van der Waals surface area (Å²) in [6, 6.07) is 6.35. The molecule has 0 saturated heterocycles. The van der Waals surface area contributed by atoms with Crippen molar-refractivity contribution >= 4 is 28.7 Å². The number of thiophene rings is 1. The van der Waals surface area contributed by atoms with Gasteiger partial charge in [-0.2, -0.15) is 0 Å². The normalized spacial score (nSPS) is 10.5. The SMILES string of the molecule is CN(CCc1cccs1)c1cc(F)c(C(=O)O)cc1N. The minimum Gasteiger partial charge on any atom is -0.478 e. The molecule has 2 rings (SSSR count). The number of hydrogen-bond donors (Lipinski definition) is 2. The second-order valence-electron chi connectivity index (χ2n) is 4.45. The van der Waals surface area contributed by atoms with E-state index in [0.29, 0.717) is 12.2 Å². The highest BCUT2D eigenvalue weighted by Gasteiger charge is 2.15. The molecule has 0 aliphatic rings. The topological polar surface area (TPSA) is 66.6 Å². The lowest BCUT2D eigenvalue weighted by Gasteiger charge is -2.21. The number of hydrogen-bond acceptors (Lipinski definition) is 4. The number of likely N-dealkylation sites (N-methyl/N-ethyl adjacent to an activating group) is 1. The molecule has 0 fully saturated rings. The molecular weight excluding hydrogens is 279 g/mol. The molecule has 6 heteroatoms. The van der Waals surface area contributed by atoms with Crippen molar-refractivity contribution in [3.8, 4) is 0 Å². The Bertz CT molecular complexity index is 614. The van der Waals surface area contributed by atoms with Gasteiger partial charge in [-0.1, -0.05) is 6.07 Å². The van der Waals surface area contributed by atoms with Gasteiger partial charge in [-0.05, 0) is 23.9 Å². The predicted octanol–water partition coefficient (Wildman–Crippen LogP) is 2.85. The van der Waals surface area contributed by atoms with Gasteiger partial charge < -0.3 is 15.7 Å². The lowest BCUT2D eigenvalue weighted by atomic mass is 10.1. The average molecular weight is 294 g/mol. The van der Waals surface area contributed by atoms with Crippen LogP contribution in [0.3, 0.4) is 0 Å². The zero-order chi connectivity index (χ0) is 14.7. The zero-order valence-corrected chi connectivity index (χ0v) is 11.8. The number of halogens is 1. The third-order valence-corrected chi connectivity index (χ3v) is 3.97. The Kier molecular flexibility index (Phi) is 4.24.